The Hall–Kier alpha value is -0.610. The van der Waals surface area contributed by atoms with E-state index in [9.17, 15) is 4.79 Å². The summed E-state index contributed by atoms with van der Waals surface area (Å²) < 4.78 is 0. The molecule has 0 aromatic rings. The van der Waals surface area contributed by atoms with E-state index in [2.05, 4.69) is 16.0 Å². The van der Waals surface area contributed by atoms with Gasteiger partial charge < -0.3 is 16.0 Å². The van der Waals surface area contributed by atoms with Crippen LogP contribution in [0.2, 0.25) is 0 Å². The Labute approximate surface area is 65.7 Å². The second-order valence-corrected chi connectivity index (χ2v) is 3.34. The van der Waals surface area contributed by atoms with Gasteiger partial charge in [0.1, 0.15) is 0 Å². The molecule has 2 aliphatic heterocycles. The van der Waals surface area contributed by atoms with E-state index in [1.54, 1.807) is 0 Å². The van der Waals surface area contributed by atoms with Crippen molar-refractivity contribution in [2.45, 2.75) is 12.0 Å². The molecule has 0 saturated carbocycles. The first kappa shape index (κ1) is 7.06. The van der Waals surface area contributed by atoms with Gasteiger partial charge in [-0.1, -0.05) is 0 Å². The third kappa shape index (κ3) is 1.23. The van der Waals surface area contributed by atoms with Crippen LogP contribution in [0.5, 0.6) is 0 Å². The Morgan fingerprint density at radius 1 is 1.27 bits per heavy atom. The first-order valence-corrected chi connectivity index (χ1v) is 4.03. The molecule has 62 valence electrons. The molecule has 0 radical (unpaired) electrons. The second-order valence-electron chi connectivity index (χ2n) is 3.34. The van der Waals surface area contributed by atoms with Crippen LogP contribution in [0, 0.1) is 0 Å². The maximum absolute atomic E-state index is 10.9. The van der Waals surface area contributed by atoms with Crippen LogP contribution in [0.3, 0.4) is 0 Å². The van der Waals surface area contributed by atoms with Gasteiger partial charge in [0.2, 0.25) is 5.91 Å². The molecule has 1 unspecified atom stereocenters. The van der Waals surface area contributed by atoms with Crippen molar-refractivity contribution >= 4 is 5.91 Å². The van der Waals surface area contributed by atoms with Crippen LogP contribution in [-0.2, 0) is 4.79 Å². The fourth-order valence-electron chi connectivity index (χ4n) is 1.76. The fraction of sp³-hybridized carbons (Fsp3) is 0.857. The summed E-state index contributed by atoms with van der Waals surface area (Å²) in [6, 6.07) is 0. The van der Waals surface area contributed by atoms with Gasteiger partial charge in [0, 0.05) is 32.6 Å². The van der Waals surface area contributed by atoms with E-state index < -0.39 is 0 Å². The quantitative estimate of drug-likeness (QED) is 0.396. The van der Waals surface area contributed by atoms with E-state index in [0.29, 0.717) is 6.42 Å². The van der Waals surface area contributed by atoms with Crippen LogP contribution < -0.4 is 16.0 Å². The summed E-state index contributed by atoms with van der Waals surface area (Å²) in [5, 5.41) is 9.50. The van der Waals surface area contributed by atoms with Crippen molar-refractivity contribution in [1.29, 1.82) is 0 Å². The lowest BCUT2D eigenvalue weighted by Crippen LogP contribution is -2.60. The van der Waals surface area contributed by atoms with Gasteiger partial charge in [0.15, 0.2) is 0 Å². The van der Waals surface area contributed by atoms with Gasteiger partial charge in [-0.2, -0.15) is 0 Å². The molecule has 4 nitrogen and oxygen atoms in total. The molecule has 2 fully saturated rings. The minimum atomic E-state index is 0.0231. The van der Waals surface area contributed by atoms with Gasteiger partial charge in [-0.05, 0) is 0 Å². The molecular weight excluding hydrogens is 142 g/mol. The second kappa shape index (κ2) is 2.46. The minimum absolute atomic E-state index is 0.0231. The van der Waals surface area contributed by atoms with Crippen molar-refractivity contribution in [3.05, 3.63) is 0 Å². The zero-order valence-corrected chi connectivity index (χ0v) is 6.44. The highest BCUT2D eigenvalue weighted by molar-refractivity contribution is 5.80. The third-order valence-corrected chi connectivity index (χ3v) is 2.39. The van der Waals surface area contributed by atoms with Crippen molar-refractivity contribution in [2.75, 3.05) is 26.2 Å². The van der Waals surface area contributed by atoms with E-state index in [1.807, 2.05) is 0 Å². The van der Waals surface area contributed by atoms with Crippen molar-refractivity contribution in [2.24, 2.45) is 0 Å². The Balaban J connectivity index is 2.03. The SMILES string of the molecule is O=C1CC2(CNCCN2)CN1. The van der Waals surface area contributed by atoms with E-state index >= 15 is 0 Å². The number of carbonyl (C=O) groups excluding carboxylic acids is 1. The number of carbonyl (C=O) groups is 1. The summed E-state index contributed by atoms with van der Waals surface area (Å²) in [5.41, 5.74) is 0.0231. The number of amides is 1. The highest BCUT2D eigenvalue weighted by Gasteiger charge is 2.38. The molecule has 0 aromatic carbocycles. The van der Waals surface area contributed by atoms with Gasteiger partial charge in [-0.15, -0.1) is 0 Å². The molecule has 2 aliphatic rings. The molecule has 4 heteroatoms. The molecule has 1 spiro atoms. The number of hydrogen-bond donors (Lipinski definition) is 3. The van der Waals surface area contributed by atoms with E-state index in [4.69, 9.17) is 0 Å². The van der Waals surface area contributed by atoms with Crippen molar-refractivity contribution < 1.29 is 4.79 Å². The number of hydrogen-bond acceptors (Lipinski definition) is 3. The van der Waals surface area contributed by atoms with Crippen molar-refractivity contribution in [3.63, 3.8) is 0 Å². The summed E-state index contributed by atoms with van der Waals surface area (Å²) in [7, 11) is 0. The average molecular weight is 155 g/mol. The molecule has 0 bridgehead atoms. The van der Waals surface area contributed by atoms with Gasteiger partial charge in [-0.3, -0.25) is 4.79 Å². The summed E-state index contributed by atoms with van der Waals surface area (Å²) in [5.74, 6) is 0.168. The Kier molecular flexibility index (Phi) is 1.58. The maximum atomic E-state index is 10.9. The summed E-state index contributed by atoms with van der Waals surface area (Å²) in [4.78, 5) is 10.9. The molecule has 2 heterocycles. The largest absolute Gasteiger partial charge is 0.354 e. The number of rotatable bonds is 0. The Bertz CT molecular complexity index is 175. The van der Waals surface area contributed by atoms with E-state index in [-0.39, 0.29) is 11.4 Å². The standard InChI is InChI=1S/C7H13N3O/c11-6-3-7(5-9-6)4-8-1-2-10-7/h8,10H,1-5H2,(H,9,11). The maximum Gasteiger partial charge on any atom is 0.222 e. The fourth-order valence-corrected chi connectivity index (χ4v) is 1.76. The van der Waals surface area contributed by atoms with Crippen LogP contribution in [0.25, 0.3) is 0 Å². The third-order valence-electron chi connectivity index (χ3n) is 2.39. The summed E-state index contributed by atoms with van der Waals surface area (Å²) in [6.45, 7) is 3.66. The van der Waals surface area contributed by atoms with E-state index in [0.717, 1.165) is 26.2 Å². The molecule has 0 aromatic heterocycles. The van der Waals surface area contributed by atoms with Crippen LogP contribution in [0.1, 0.15) is 6.42 Å². The molecule has 1 amide bonds. The summed E-state index contributed by atoms with van der Waals surface area (Å²) in [6.07, 6.45) is 0.625. The first-order valence-electron chi connectivity index (χ1n) is 4.03. The molecular formula is C7H13N3O. The first-order chi connectivity index (χ1) is 5.31. The topological polar surface area (TPSA) is 53.2 Å². The molecule has 2 rings (SSSR count). The van der Waals surface area contributed by atoms with Crippen LogP contribution in [0.15, 0.2) is 0 Å². The average Bonchev–Trinajstić information content (AvgIpc) is 2.34. The van der Waals surface area contributed by atoms with Crippen molar-refractivity contribution in [3.8, 4) is 0 Å². The molecule has 1 atom stereocenters. The molecule has 11 heavy (non-hydrogen) atoms. The highest BCUT2D eigenvalue weighted by Crippen LogP contribution is 2.15. The lowest BCUT2D eigenvalue weighted by molar-refractivity contribution is -0.119. The zero-order chi connectivity index (χ0) is 7.73. The predicted octanol–water partition coefficient (Wildman–Crippen LogP) is -1.56. The predicted molar refractivity (Wildman–Crippen MR) is 41.2 cm³/mol. The van der Waals surface area contributed by atoms with Crippen LogP contribution in [0.4, 0.5) is 0 Å². The molecule has 2 saturated heterocycles. The summed E-state index contributed by atoms with van der Waals surface area (Å²) >= 11 is 0. The monoisotopic (exact) mass is 155 g/mol. The zero-order valence-electron chi connectivity index (χ0n) is 6.44. The Morgan fingerprint density at radius 3 is 2.73 bits per heavy atom. The molecule has 0 aliphatic carbocycles. The van der Waals surface area contributed by atoms with Gasteiger partial charge in [0.05, 0.1) is 5.54 Å². The normalized spacial score (nSPS) is 37.6. The van der Waals surface area contributed by atoms with Gasteiger partial charge in [0.25, 0.3) is 0 Å². The number of piperazine rings is 1. The Morgan fingerprint density at radius 2 is 2.18 bits per heavy atom. The van der Waals surface area contributed by atoms with Crippen molar-refractivity contribution in [1.82, 2.24) is 16.0 Å². The van der Waals surface area contributed by atoms with Crippen LogP contribution in [-0.4, -0.2) is 37.6 Å². The molecule has 3 N–H and O–H groups in total. The minimum Gasteiger partial charge on any atom is -0.354 e. The van der Waals surface area contributed by atoms with Gasteiger partial charge in [-0.25, -0.2) is 0 Å². The van der Waals surface area contributed by atoms with Crippen LogP contribution >= 0.6 is 0 Å². The smallest absolute Gasteiger partial charge is 0.222 e. The lowest BCUT2D eigenvalue weighted by atomic mass is 9.97. The van der Waals surface area contributed by atoms with Gasteiger partial charge >= 0.3 is 0 Å². The highest BCUT2D eigenvalue weighted by atomic mass is 16.2. The number of nitrogens with one attached hydrogen (secondary N) is 3. The van der Waals surface area contributed by atoms with E-state index in [1.165, 1.54) is 0 Å². The lowest BCUT2D eigenvalue weighted by Gasteiger charge is -2.33.